The normalized spacial score (nSPS) is 9.47. The Morgan fingerprint density at radius 2 is 2.32 bits per heavy atom. The maximum atomic E-state index is 11.3. The number of carbonyl (C=O) groups is 1. The van der Waals surface area contributed by atoms with E-state index in [0.29, 0.717) is 13.0 Å². The summed E-state index contributed by atoms with van der Waals surface area (Å²) in [5.41, 5.74) is 0.116. The highest BCUT2D eigenvalue weighted by atomic mass is 16.6. The number of ether oxygens (including phenoxy) is 1. The highest BCUT2D eigenvalue weighted by Gasteiger charge is 2.15. The predicted molar refractivity (Wildman–Crippen MR) is 67.6 cm³/mol. The molecule has 1 aromatic rings. The van der Waals surface area contributed by atoms with Crippen LogP contribution in [0, 0.1) is 21.4 Å². The number of rotatable bonds is 6. The van der Waals surface area contributed by atoms with Crippen molar-refractivity contribution in [2.75, 3.05) is 18.5 Å². The molecule has 0 unspecified atom stereocenters. The summed E-state index contributed by atoms with van der Waals surface area (Å²) < 4.78 is 4.83. The predicted octanol–water partition coefficient (Wildman–Crippen LogP) is 1.83. The number of nitro groups is 1. The number of benzene rings is 1. The van der Waals surface area contributed by atoms with Crippen LogP contribution < -0.4 is 5.32 Å². The third-order valence-corrected chi connectivity index (χ3v) is 2.21. The number of nitrogens with zero attached hydrogens (tertiary/aromatic N) is 2. The summed E-state index contributed by atoms with van der Waals surface area (Å²) in [7, 11) is 0. The Balaban J connectivity index is 2.76. The van der Waals surface area contributed by atoms with Gasteiger partial charge in [0.1, 0.15) is 12.2 Å². The van der Waals surface area contributed by atoms with Crippen LogP contribution in [0.4, 0.5) is 11.4 Å². The summed E-state index contributed by atoms with van der Waals surface area (Å²) in [6, 6.07) is 5.80. The summed E-state index contributed by atoms with van der Waals surface area (Å²) in [5.74, 6) is -0.486. The molecule has 7 nitrogen and oxygen atoms in total. The van der Waals surface area contributed by atoms with Gasteiger partial charge in [0.05, 0.1) is 23.2 Å². The van der Waals surface area contributed by atoms with E-state index in [-0.39, 0.29) is 23.5 Å². The van der Waals surface area contributed by atoms with Gasteiger partial charge in [-0.1, -0.05) is 6.92 Å². The summed E-state index contributed by atoms with van der Waals surface area (Å²) in [6.07, 6.45) is 0.711. The second-order valence-electron chi connectivity index (χ2n) is 3.67. The lowest BCUT2D eigenvalue weighted by Gasteiger charge is -2.07. The molecular weight excluding hydrogens is 250 g/mol. The van der Waals surface area contributed by atoms with Gasteiger partial charge in [-0.2, -0.15) is 5.26 Å². The van der Waals surface area contributed by atoms with Crippen molar-refractivity contribution in [2.45, 2.75) is 13.3 Å². The largest absolute Gasteiger partial charge is 0.464 e. The van der Waals surface area contributed by atoms with E-state index in [4.69, 9.17) is 10.00 Å². The maximum absolute atomic E-state index is 11.3. The van der Waals surface area contributed by atoms with Gasteiger partial charge in [-0.3, -0.25) is 14.9 Å². The molecule has 19 heavy (non-hydrogen) atoms. The van der Waals surface area contributed by atoms with Gasteiger partial charge in [0.15, 0.2) is 0 Å². The van der Waals surface area contributed by atoms with E-state index in [9.17, 15) is 14.9 Å². The fourth-order valence-electron chi connectivity index (χ4n) is 1.34. The van der Waals surface area contributed by atoms with Crippen molar-refractivity contribution in [3.8, 4) is 6.07 Å². The molecule has 0 spiro atoms. The van der Waals surface area contributed by atoms with Crippen LogP contribution in [0.2, 0.25) is 0 Å². The number of esters is 1. The smallest absolute Gasteiger partial charge is 0.325 e. The second kappa shape index (κ2) is 6.96. The molecule has 0 atom stereocenters. The van der Waals surface area contributed by atoms with Crippen molar-refractivity contribution in [1.82, 2.24) is 0 Å². The van der Waals surface area contributed by atoms with Crippen LogP contribution in [0.3, 0.4) is 0 Å². The number of nitriles is 1. The first-order valence-corrected chi connectivity index (χ1v) is 5.66. The first-order chi connectivity index (χ1) is 9.08. The quantitative estimate of drug-likeness (QED) is 0.477. The minimum atomic E-state index is -0.611. The molecule has 0 amide bonds. The van der Waals surface area contributed by atoms with Crippen LogP contribution in [-0.2, 0) is 9.53 Å². The Morgan fingerprint density at radius 3 is 2.89 bits per heavy atom. The molecule has 0 aliphatic carbocycles. The summed E-state index contributed by atoms with van der Waals surface area (Å²) >= 11 is 0. The average Bonchev–Trinajstić information content (AvgIpc) is 2.42. The zero-order valence-corrected chi connectivity index (χ0v) is 10.4. The van der Waals surface area contributed by atoms with Crippen molar-refractivity contribution >= 4 is 17.3 Å². The second-order valence-corrected chi connectivity index (χ2v) is 3.67. The first-order valence-electron chi connectivity index (χ1n) is 5.66. The third-order valence-electron chi connectivity index (χ3n) is 2.21. The number of nitrogens with one attached hydrogen (secondary N) is 1. The third kappa shape index (κ3) is 4.27. The van der Waals surface area contributed by atoms with Crippen LogP contribution in [0.1, 0.15) is 18.9 Å². The molecular formula is C12H13N3O4. The van der Waals surface area contributed by atoms with Gasteiger partial charge in [-0.05, 0) is 18.6 Å². The number of nitro benzene ring substituents is 1. The Morgan fingerprint density at radius 1 is 1.58 bits per heavy atom. The van der Waals surface area contributed by atoms with Gasteiger partial charge >= 0.3 is 5.97 Å². The van der Waals surface area contributed by atoms with Crippen LogP contribution in [0.5, 0.6) is 0 Å². The Bertz CT molecular complexity index is 522. The molecule has 0 saturated heterocycles. The molecule has 0 aromatic heterocycles. The lowest BCUT2D eigenvalue weighted by molar-refractivity contribution is -0.384. The van der Waals surface area contributed by atoms with E-state index in [0.717, 1.165) is 6.07 Å². The van der Waals surface area contributed by atoms with Crippen LogP contribution in [-0.4, -0.2) is 24.0 Å². The van der Waals surface area contributed by atoms with Crippen molar-refractivity contribution in [2.24, 2.45) is 0 Å². The van der Waals surface area contributed by atoms with Gasteiger partial charge in [-0.25, -0.2) is 0 Å². The van der Waals surface area contributed by atoms with Crippen molar-refractivity contribution in [3.63, 3.8) is 0 Å². The van der Waals surface area contributed by atoms with Gasteiger partial charge in [0, 0.05) is 6.07 Å². The zero-order chi connectivity index (χ0) is 14.3. The molecule has 100 valence electrons. The number of carbonyl (C=O) groups excluding carboxylic acids is 1. The fourth-order valence-corrected chi connectivity index (χ4v) is 1.34. The summed E-state index contributed by atoms with van der Waals surface area (Å²) in [6.45, 7) is 2.02. The number of anilines is 1. The van der Waals surface area contributed by atoms with Crippen LogP contribution in [0.15, 0.2) is 18.2 Å². The maximum Gasteiger partial charge on any atom is 0.325 e. The van der Waals surface area contributed by atoms with Crippen molar-refractivity contribution in [1.29, 1.82) is 5.26 Å². The van der Waals surface area contributed by atoms with Crippen molar-refractivity contribution < 1.29 is 14.5 Å². The van der Waals surface area contributed by atoms with Crippen LogP contribution in [0.25, 0.3) is 0 Å². The highest BCUT2D eigenvalue weighted by Crippen LogP contribution is 2.25. The first kappa shape index (κ1) is 14.4. The number of hydrogen-bond donors (Lipinski definition) is 1. The van der Waals surface area contributed by atoms with Crippen LogP contribution >= 0.6 is 0 Å². The molecule has 0 bridgehead atoms. The lowest BCUT2D eigenvalue weighted by Crippen LogP contribution is -2.17. The van der Waals surface area contributed by atoms with Crippen molar-refractivity contribution in [3.05, 3.63) is 33.9 Å². The number of hydrogen-bond acceptors (Lipinski definition) is 6. The standard InChI is InChI=1S/C12H13N3O4/c1-2-5-19-12(16)8-14-10-4-3-9(7-13)6-11(10)15(17)18/h3-4,6,14H,2,5,8H2,1H3. The Hall–Kier alpha value is -2.62. The molecule has 1 rings (SSSR count). The molecule has 0 radical (unpaired) electrons. The van der Waals surface area contributed by atoms with E-state index < -0.39 is 10.9 Å². The molecule has 1 N–H and O–H groups in total. The molecule has 7 heteroatoms. The van der Waals surface area contributed by atoms with E-state index in [1.807, 2.05) is 13.0 Å². The average molecular weight is 263 g/mol. The highest BCUT2D eigenvalue weighted by molar-refractivity contribution is 5.77. The van der Waals surface area contributed by atoms with Gasteiger partial charge in [-0.15, -0.1) is 0 Å². The molecule has 0 heterocycles. The minimum absolute atomic E-state index is 0.160. The molecule has 1 aromatic carbocycles. The lowest BCUT2D eigenvalue weighted by atomic mass is 10.2. The summed E-state index contributed by atoms with van der Waals surface area (Å²) in [5, 5.41) is 22.2. The minimum Gasteiger partial charge on any atom is -0.464 e. The van der Waals surface area contributed by atoms with Gasteiger partial charge in [0.2, 0.25) is 0 Å². The molecule has 0 fully saturated rings. The van der Waals surface area contributed by atoms with Gasteiger partial charge in [0.25, 0.3) is 5.69 Å². The van der Waals surface area contributed by atoms with E-state index in [1.54, 1.807) is 0 Å². The molecule has 0 aliphatic heterocycles. The zero-order valence-electron chi connectivity index (χ0n) is 10.4. The Kier molecular flexibility index (Phi) is 5.29. The fraction of sp³-hybridized carbons (Fsp3) is 0.333. The summed E-state index contributed by atoms with van der Waals surface area (Å²) in [4.78, 5) is 21.5. The molecule has 0 aliphatic rings. The van der Waals surface area contributed by atoms with E-state index >= 15 is 0 Å². The van der Waals surface area contributed by atoms with Gasteiger partial charge < -0.3 is 10.1 Å². The Labute approximate surface area is 109 Å². The topological polar surface area (TPSA) is 105 Å². The van der Waals surface area contributed by atoms with E-state index in [2.05, 4.69) is 5.32 Å². The molecule has 0 saturated carbocycles. The SMILES string of the molecule is CCCOC(=O)CNc1ccc(C#N)cc1[N+](=O)[O-]. The monoisotopic (exact) mass is 263 g/mol. The van der Waals surface area contributed by atoms with E-state index in [1.165, 1.54) is 12.1 Å².